The molecular formula is C75H133N2O6P. The fourth-order valence-electron chi connectivity index (χ4n) is 9.84. The molecule has 0 aliphatic heterocycles. The van der Waals surface area contributed by atoms with Gasteiger partial charge in [0.25, 0.3) is 7.82 Å². The van der Waals surface area contributed by atoms with Crippen LogP contribution >= 0.6 is 7.82 Å². The van der Waals surface area contributed by atoms with Gasteiger partial charge in [-0.2, -0.15) is 0 Å². The number of amides is 1. The number of quaternary nitrogens is 1. The van der Waals surface area contributed by atoms with Crippen molar-refractivity contribution in [2.45, 2.75) is 309 Å². The lowest BCUT2D eigenvalue weighted by molar-refractivity contribution is -0.870. The Kier molecular flexibility index (Phi) is 62.0. The summed E-state index contributed by atoms with van der Waals surface area (Å²) in [6.07, 6.45) is 95.6. The summed E-state index contributed by atoms with van der Waals surface area (Å²) in [6.45, 7) is 4.59. The standard InChI is InChI=1S/C75H133N2O6P/c1-6-8-10-12-14-16-18-20-22-24-26-28-30-32-34-36-37-38-39-41-43-45-47-49-51-53-55-57-59-61-63-65-67-69-75(79)76-73(72-83-84(80,81)82-71-70-77(3,4)5)74(78)68-66-64-62-60-58-56-54-52-50-48-46-44-42-40-35-33-31-29-27-25-23-21-19-17-15-13-11-9-7-2/h8,10,14,16,20,22,26,28,32,34,37-38,41,43,47,49,53,55,59,61,73-74,78H,6-7,9,11-13,15,17-19,21,23-25,27,29-31,33,35-36,39-40,42,44-46,48,50-52,54,56-58,60,62-72H2,1-5H3,(H-,76,79,80,81)/b10-8-,16-14-,22-20-,28-26-,34-32-,38-37-,43-41-,49-47-,55-53-,61-59-. The van der Waals surface area contributed by atoms with E-state index >= 15 is 0 Å². The van der Waals surface area contributed by atoms with Gasteiger partial charge in [0.1, 0.15) is 13.2 Å². The minimum Gasteiger partial charge on any atom is -0.756 e. The molecule has 484 valence electrons. The number of likely N-dealkylation sites (N-methyl/N-ethyl adjacent to an activating group) is 1. The molecule has 3 atom stereocenters. The number of carbonyl (C=O) groups excluding carboxylic acids is 1. The molecule has 0 radical (unpaired) electrons. The van der Waals surface area contributed by atoms with Crippen LogP contribution in [0.4, 0.5) is 0 Å². The molecule has 84 heavy (non-hydrogen) atoms. The number of hydrogen-bond acceptors (Lipinski definition) is 6. The van der Waals surface area contributed by atoms with Gasteiger partial charge in [0.05, 0.1) is 39.9 Å². The lowest BCUT2D eigenvalue weighted by Gasteiger charge is -2.30. The minimum absolute atomic E-state index is 0.00265. The molecule has 0 spiro atoms. The third kappa shape index (κ3) is 66.4. The van der Waals surface area contributed by atoms with Crippen LogP contribution in [0.1, 0.15) is 296 Å². The first kappa shape index (κ1) is 80.9. The number of nitrogens with one attached hydrogen (secondary N) is 1. The van der Waals surface area contributed by atoms with Gasteiger partial charge in [0.15, 0.2) is 0 Å². The second-order valence-electron chi connectivity index (χ2n) is 24.5. The van der Waals surface area contributed by atoms with E-state index in [-0.39, 0.29) is 19.1 Å². The summed E-state index contributed by atoms with van der Waals surface area (Å²) in [4.78, 5) is 25.6. The second kappa shape index (κ2) is 64.4. The van der Waals surface area contributed by atoms with Crippen LogP contribution in [-0.2, 0) is 18.4 Å². The molecule has 0 aliphatic carbocycles. The van der Waals surface area contributed by atoms with Crippen LogP contribution in [-0.4, -0.2) is 68.5 Å². The maximum absolute atomic E-state index is 13.0. The molecule has 0 aromatic heterocycles. The van der Waals surface area contributed by atoms with Crippen LogP contribution in [0, 0.1) is 0 Å². The number of aliphatic hydroxyl groups excluding tert-OH is 1. The first-order valence-electron chi connectivity index (χ1n) is 34.9. The van der Waals surface area contributed by atoms with E-state index in [0.29, 0.717) is 30.3 Å². The van der Waals surface area contributed by atoms with Crippen LogP contribution < -0.4 is 10.2 Å². The Labute approximate surface area is 520 Å². The third-order valence-electron chi connectivity index (χ3n) is 15.2. The first-order valence-corrected chi connectivity index (χ1v) is 36.3. The van der Waals surface area contributed by atoms with Crippen LogP contribution in [0.2, 0.25) is 0 Å². The number of phosphoric ester groups is 1. The van der Waals surface area contributed by atoms with Gasteiger partial charge in [-0.3, -0.25) is 9.36 Å². The highest BCUT2D eigenvalue weighted by molar-refractivity contribution is 7.45. The number of phosphoric acid groups is 1. The van der Waals surface area contributed by atoms with Crippen molar-refractivity contribution in [1.29, 1.82) is 0 Å². The van der Waals surface area contributed by atoms with Gasteiger partial charge >= 0.3 is 0 Å². The van der Waals surface area contributed by atoms with E-state index in [1.807, 2.05) is 21.1 Å². The van der Waals surface area contributed by atoms with Gasteiger partial charge in [-0.05, 0) is 89.9 Å². The molecule has 0 saturated carbocycles. The molecule has 1 amide bonds. The summed E-state index contributed by atoms with van der Waals surface area (Å²) >= 11 is 0. The molecule has 0 bridgehead atoms. The SMILES string of the molecule is CC/C=C\C/C=C\C/C=C\C/C=C\C/C=C\C/C=C\C/C=C\C/C=C\C/C=C\C/C=C\CCCCC(=O)NC(COP(=O)([O-])OCC[N+](C)(C)C)C(O)CCCCCCCCCCCCCCCCCCCCCCCCCCCCCCC. The molecule has 0 aromatic carbocycles. The Hall–Kier alpha value is -3.10. The van der Waals surface area contributed by atoms with Crippen LogP contribution in [0.15, 0.2) is 122 Å². The third-order valence-corrected chi connectivity index (χ3v) is 16.2. The Morgan fingerprint density at radius 1 is 0.429 bits per heavy atom. The zero-order chi connectivity index (χ0) is 61.2. The normalized spacial score (nSPS) is 14.4. The number of rotatable bonds is 63. The molecule has 0 heterocycles. The molecule has 0 aromatic rings. The van der Waals surface area contributed by atoms with Gasteiger partial charge in [0.2, 0.25) is 5.91 Å². The maximum atomic E-state index is 13.0. The van der Waals surface area contributed by atoms with E-state index in [1.54, 1.807) is 0 Å². The molecule has 0 rings (SSSR count). The largest absolute Gasteiger partial charge is 0.756 e. The second-order valence-corrected chi connectivity index (χ2v) is 25.9. The fourth-order valence-corrected chi connectivity index (χ4v) is 10.6. The lowest BCUT2D eigenvalue weighted by atomic mass is 10.0. The van der Waals surface area contributed by atoms with Crippen molar-refractivity contribution in [2.75, 3.05) is 40.9 Å². The van der Waals surface area contributed by atoms with E-state index in [1.165, 1.54) is 167 Å². The first-order chi connectivity index (χ1) is 41.0. The lowest BCUT2D eigenvalue weighted by Crippen LogP contribution is -2.46. The average molecular weight is 1190 g/mol. The summed E-state index contributed by atoms with van der Waals surface area (Å²) < 4.78 is 23.5. The van der Waals surface area contributed by atoms with E-state index in [0.717, 1.165) is 96.3 Å². The van der Waals surface area contributed by atoms with Crippen molar-refractivity contribution in [2.24, 2.45) is 0 Å². The summed E-state index contributed by atoms with van der Waals surface area (Å²) in [6, 6.07) is -0.836. The van der Waals surface area contributed by atoms with Gasteiger partial charge in [0, 0.05) is 6.42 Å². The Morgan fingerprint density at radius 3 is 1.04 bits per heavy atom. The molecule has 3 unspecified atom stereocenters. The van der Waals surface area contributed by atoms with Crippen molar-refractivity contribution in [3.05, 3.63) is 122 Å². The number of unbranched alkanes of at least 4 members (excludes halogenated alkanes) is 30. The van der Waals surface area contributed by atoms with Gasteiger partial charge < -0.3 is 28.8 Å². The van der Waals surface area contributed by atoms with Crippen molar-refractivity contribution >= 4 is 13.7 Å². The smallest absolute Gasteiger partial charge is 0.268 e. The van der Waals surface area contributed by atoms with Crippen LogP contribution in [0.3, 0.4) is 0 Å². The Bertz CT molecular complexity index is 1780. The average Bonchev–Trinajstić information content (AvgIpc) is 3.56. The van der Waals surface area contributed by atoms with Crippen molar-refractivity contribution < 1.29 is 32.9 Å². The van der Waals surface area contributed by atoms with E-state index in [9.17, 15) is 19.4 Å². The zero-order valence-corrected chi connectivity index (χ0v) is 56.2. The monoisotopic (exact) mass is 1190 g/mol. The highest BCUT2D eigenvalue weighted by atomic mass is 31.2. The molecule has 2 N–H and O–H groups in total. The summed E-state index contributed by atoms with van der Waals surface area (Å²) in [5.74, 6) is -0.208. The molecule has 0 saturated heterocycles. The van der Waals surface area contributed by atoms with Gasteiger partial charge in [-0.25, -0.2) is 0 Å². The van der Waals surface area contributed by atoms with E-state index < -0.39 is 20.0 Å². The molecular weight excluding hydrogens is 1060 g/mol. The minimum atomic E-state index is -4.60. The Morgan fingerprint density at radius 2 is 0.726 bits per heavy atom. The van der Waals surface area contributed by atoms with E-state index in [4.69, 9.17) is 9.05 Å². The van der Waals surface area contributed by atoms with Crippen LogP contribution in [0.25, 0.3) is 0 Å². The number of aliphatic hydroxyl groups is 1. The zero-order valence-electron chi connectivity index (χ0n) is 55.3. The highest BCUT2D eigenvalue weighted by Gasteiger charge is 2.24. The maximum Gasteiger partial charge on any atom is 0.268 e. The fraction of sp³-hybridized carbons (Fsp3) is 0.720. The van der Waals surface area contributed by atoms with Crippen molar-refractivity contribution in [1.82, 2.24) is 5.32 Å². The van der Waals surface area contributed by atoms with Crippen molar-refractivity contribution in [3.8, 4) is 0 Å². The predicted octanol–water partition coefficient (Wildman–Crippen LogP) is 21.8. The number of allylic oxidation sites excluding steroid dienone is 20. The predicted molar refractivity (Wildman–Crippen MR) is 366 cm³/mol. The molecule has 8 nitrogen and oxygen atoms in total. The number of nitrogens with zero attached hydrogens (tertiary/aromatic N) is 1. The number of carbonyl (C=O) groups is 1. The molecule has 9 heteroatoms. The summed E-state index contributed by atoms with van der Waals surface area (Å²) in [5, 5.41) is 14.1. The summed E-state index contributed by atoms with van der Waals surface area (Å²) in [5.41, 5.74) is 0. The highest BCUT2D eigenvalue weighted by Crippen LogP contribution is 2.38. The van der Waals surface area contributed by atoms with Crippen molar-refractivity contribution in [3.63, 3.8) is 0 Å². The quantitative estimate of drug-likeness (QED) is 0.0272. The van der Waals surface area contributed by atoms with Gasteiger partial charge in [-0.15, -0.1) is 0 Å². The van der Waals surface area contributed by atoms with E-state index in [2.05, 4.69) is 141 Å². The molecule has 0 aliphatic rings. The number of hydrogen-bond donors (Lipinski definition) is 2. The Balaban J connectivity index is 4.19. The topological polar surface area (TPSA) is 108 Å². The summed E-state index contributed by atoms with van der Waals surface area (Å²) in [7, 11) is 1.26. The van der Waals surface area contributed by atoms with Crippen LogP contribution in [0.5, 0.6) is 0 Å². The van der Waals surface area contributed by atoms with Gasteiger partial charge in [-0.1, -0.05) is 322 Å². The molecule has 0 fully saturated rings.